The number of nitrogens with one attached hydrogen (secondary N) is 1. The van der Waals surface area contributed by atoms with E-state index in [1.807, 2.05) is 24.1 Å². The molecule has 1 unspecified atom stereocenters. The number of nitrogens with zero attached hydrogens (tertiary/aromatic N) is 1. The van der Waals surface area contributed by atoms with Crippen molar-refractivity contribution in [3.63, 3.8) is 0 Å². The van der Waals surface area contributed by atoms with Gasteiger partial charge in [-0.2, -0.15) is 0 Å². The summed E-state index contributed by atoms with van der Waals surface area (Å²) in [5.41, 5.74) is 2.18. The molecular formula is C12H16N2O4. The molecule has 2 aromatic rings. The number of benzene rings is 1. The van der Waals surface area contributed by atoms with Gasteiger partial charge in [0.2, 0.25) is 0 Å². The zero-order chi connectivity index (χ0) is 13.1. The van der Waals surface area contributed by atoms with Gasteiger partial charge in [-0.25, -0.2) is 4.79 Å². The van der Waals surface area contributed by atoms with Crippen molar-refractivity contribution < 1.29 is 14.6 Å². The second-order valence-corrected chi connectivity index (χ2v) is 4.38. The van der Waals surface area contributed by atoms with Gasteiger partial charge in [-0.1, -0.05) is 6.07 Å². The zero-order valence-corrected chi connectivity index (χ0v) is 10.1. The first-order valence-corrected chi connectivity index (χ1v) is 5.67. The minimum Gasteiger partial charge on any atom is -0.408 e. The molecule has 2 rings (SSSR count). The normalized spacial score (nSPS) is 13.3. The lowest BCUT2D eigenvalue weighted by Crippen LogP contribution is -2.30. The van der Waals surface area contributed by atoms with E-state index in [-0.39, 0.29) is 6.61 Å². The van der Waals surface area contributed by atoms with E-state index in [1.165, 1.54) is 0 Å². The Morgan fingerprint density at radius 2 is 2.28 bits per heavy atom. The molecule has 6 nitrogen and oxygen atoms in total. The van der Waals surface area contributed by atoms with Crippen molar-refractivity contribution in [1.29, 1.82) is 0 Å². The van der Waals surface area contributed by atoms with Crippen LogP contribution in [0.1, 0.15) is 5.56 Å². The minimum absolute atomic E-state index is 0.252. The molecule has 0 aliphatic heterocycles. The molecule has 1 aromatic heterocycles. The molecule has 0 amide bonds. The summed E-state index contributed by atoms with van der Waals surface area (Å²) in [6, 6.07) is 5.43. The average Bonchev–Trinajstić information content (AvgIpc) is 2.68. The van der Waals surface area contributed by atoms with Crippen molar-refractivity contribution in [2.24, 2.45) is 0 Å². The largest absolute Gasteiger partial charge is 0.417 e. The summed E-state index contributed by atoms with van der Waals surface area (Å²) in [5, 5.41) is 18.1. The van der Waals surface area contributed by atoms with Crippen LogP contribution in [0.5, 0.6) is 0 Å². The van der Waals surface area contributed by atoms with Crippen molar-refractivity contribution >= 4 is 11.1 Å². The van der Waals surface area contributed by atoms with E-state index >= 15 is 0 Å². The molecule has 98 valence electrons. The highest BCUT2D eigenvalue weighted by Crippen LogP contribution is 2.13. The van der Waals surface area contributed by atoms with Crippen LogP contribution in [0.4, 0.5) is 0 Å². The molecule has 0 fully saturated rings. The Morgan fingerprint density at radius 1 is 1.50 bits per heavy atom. The van der Waals surface area contributed by atoms with E-state index in [4.69, 9.17) is 9.52 Å². The van der Waals surface area contributed by atoms with Crippen LogP contribution in [-0.4, -0.2) is 46.4 Å². The maximum Gasteiger partial charge on any atom is 0.417 e. The zero-order valence-electron chi connectivity index (χ0n) is 10.1. The Balaban J connectivity index is 2.09. The smallest absolute Gasteiger partial charge is 0.408 e. The highest BCUT2D eigenvalue weighted by Gasteiger charge is 2.08. The summed E-state index contributed by atoms with van der Waals surface area (Å²) in [7, 11) is 1.85. The lowest BCUT2D eigenvalue weighted by molar-refractivity contribution is 0.0648. The SMILES string of the molecule is CN(Cc1ccc2oc(=O)[nH]c2c1)CC(O)CO. The molecule has 18 heavy (non-hydrogen) atoms. The Hall–Kier alpha value is -1.63. The number of hydrogen-bond acceptors (Lipinski definition) is 5. The third-order valence-electron chi connectivity index (χ3n) is 2.67. The maximum absolute atomic E-state index is 11.0. The van der Waals surface area contributed by atoms with E-state index in [1.54, 1.807) is 6.07 Å². The van der Waals surface area contributed by atoms with Gasteiger partial charge in [0.25, 0.3) is 0 Å². The first-order valence-electron chi connectivity index (χ1n) is 5.67. The third-order valence-corrected chi connectivity index (χ3v) is 2.67. The third kappa shape index (κ3) is 2.98. The highest BCUT2D eigenvalue weighted by atomic mass is 16.4. The molecule has 1 atom stereocenters. The molecule has 0 bridgehead atoms. The molecule has 3 N–H and O–H groups in total. The number of aliphatic hydroxyl groups is 2. The molecule has 0 radical (unpaired) electrons. The summed E-state index contributed by atoms with van der Waals surface area (Å²) in [6.07, 6.45) is -0.743. The monoisotopic (exact) mass is 252 g/mol. The van der Waals surface area contributed by atoms with Crippen LogP contribution in [0.25, 0.3) is 11.1 Å². The molecule has 0 saturated heterocycles. The van der Waals surface area contributed by atoms with Crippen LogP contribution in [0.15, 0.2) is 27.4 Å². The van der Waals surface area contributed by atoms with Crippen molar-refractivity contribution in [3.05, 3.63) is 34.3 Å². The molecule has 0 spiro atoms. The Labute approximate surface area is 103 Å². The van der Waals surface area contributed by atoms with Gasteiger partial charge in [-0.15, -0.1) is 0 Å². The van der Waals surface area contributed by atoms with Gasteiger partial charge in [0.05, 0.1) is 18.2 Å². The van der Waals surface area contributed by atoms with Crippen molar-refractivity contribution in [2.45, 2.75) is 12.6 Å². The standard InChI is InChI=1S/C12H16N2O4/c1-14(6-9(16)7-15)5-8-2-3-11-10(4-8)13-12(17)18-11/h2-4,9,15-16H,5-7H2,1H3,(H,13,17). The molecule has 1 heterocycles. The van der Waals surface area contributed by atoms with Crippen LogP contribution in [0, 0.1) is 0 Å². The van der Waals surface area contributed by atoms with Crippen molar-refractivity contribution in [1.82, 2.24) is 9.88 Å². The fourth-order valence-electron chi connectivity index (χ4n) is 1.89. The fraction of sp³-hybridized carbons (Fsp3) is 0.417. The number of oxazole rings is 1. The minimum atomic E-state index is -0.743. The Kier molecular flexibility index (Phi) is 3.81. The van der Waals surface area contributed by atoms with E-state index in [0.29, 0.717) is 24.2 Å². The fourth-order valence-corrected chi connectivity index (χ4v) is 1.89. The molecule has 0 saturated carbocycles. The quantitative estimate of drug-likeness (QED) is 0.691. The number of aliphatic hydroxyl groups excluding tert-OH is 2. The number of aromatic nitrogens is 1. The average molecular weight is 252 g/mol. The molecule has 0 aliphatic rings. The van der Waals surface area contributed by atoms with Gasteiger partial charge < -0.3 is 14.6 Å². The number of rotatable bonds is 5. The van der Waals surface area contributed by atoms with Crippen LogP contribution in [0.2, 0.25) is 0 Å². The molecule has 1 aromatic carbocycles. The summed E-state index contributed by atoms with van der Waals surface area (Å²) in [4.78, 5) is 15.5. The van der Waals surface area contributed by atoms with E-state index in [2.05, 4.69) is 4.98 Å². The number of likely N-dealkylation sites (N-methyl/N-ethyl adjacent to an activating group) is 1. The van der Waals surface area contributed by atoms with E-state index in [9.17, 15) is 9.90 Å². The van der Waals surface area contributed by atoms with Crippen molar-refractivity contribution in [3.8, 4) is 0 Å². The van der Waals surface area contributed by atoms with Gasteiger partial charge in [-0.05, 0) is 24.7 Å². The predicted molar refractivity (Wildman–Crippen MR) is 66.3 cm³/mol. The predicted octanol–water partition coefficient (Wildman–Crippen LogP) is -0.0939. The molecule has 6 heteroatoms. The van der Waals surface area contributed by atoms with Crippen LogP contribution in [-0.2, 0) is 6.54 Å². The first-order chi connectivity index (χ1) is 8.58. The van der Waals surface area contributed by atoms with Gasteiger partial charge >= 0.3 is 5.76 Å². The maximum atomic E-state index is 11.0. The van der Waals surface area contributed by atoms with Gasteiger partial charge in [-0.3, -0.25) is 9.88 Å². The van der Waals surface area contributed by atoms with Crippen LogP contribution < -0.4 is 5.76 Å². The molecule has 0 aliphatic carbocycles. The lowest BCUT2D eigenvalue weighted by atomic mass is 10.2. The summed E-state index contributed by atoms with van der Waals surface area (Å²) in [6.45, 7) is 0.745. The van der Waals surface area contributed by atoms with Gasteiger partial charge in [0.1, 0.15) is 0 Å². The highest BCUT2D eigenvalue weighted by molar-refractivity contribution is 5.72. The van der Waals surface area contributed by atoms with E-state index < -0.39 is 11.9 Å². The summed E-state index contributed by atoms with van der Waals surface area (Å²) in [5.74, 6) is -0.466. The Morgan fingerprint density at radius 3 is 3.00 bits per heavy atom. The van der Waals surface area contributed by atoms with Gasteiger partial charge in [0.15, 0.2) is 5.58 Å². The first kappa shape index (κ1) is 12.8. The second-order valence-electron chi connectivity index (χ2n) is 4.38. The summed E-state index contributed by atoms with van der Waals surface area (Å²) >= 11 is 0. The van der Waals surface area contributed by atoms with Crippen LogP contribution in [0.3, 0.4) is 0 Å². The number of hydrogen-bond donors (Lipinski definition) is 3. The van der Waals surface area contributed by atoms with Crippen LogP contribution >= 0.6 is 0 Å². The number of aromatic amines is 1. The second kappa shape index (κ2) is 5.34. The lowest BCUT2D eigenvalue weighted by Gasteiger charge is -2.19. The number of H-pyrrole nitrogens is 1. The van der Waals surface area contributed by atoms with E-state index in [0.717, 1.165) is 5.56 Å². The van der Waals surface area contributed by atoms with Crippen molar-refractivity contribution in [2.75, 3.05) is 20.2 Å². The topological polar surface area (TPSA) is 89.7 Å². The molecular weight excluding hydrogens is 236 g/mol. The Bertz CT molecular complexity index is 575. The summed E-state index contributed by atoms with van der Waals surface area (Å²) < 4.78 is 4.91. The van der Waals surface area contributed by atoms with Gasteiger partial charge in [0, 0.05) is 13.1 Å². The number of fused-ring (bicyclic) bond motifs is 1.